The maximum Gasteiger partial charge on any atom is 0.417 e. The average molecular weight is 623 g/mol. The summed E-state index contributed by atoms with van der Waals surface area (Å²) in [5.41, 5.74) is -4.03. The number of halogens is 3. The van der Waals surface area contributed by atoms with Crippen LogP contribution in [0.1, 0.15) is 153 Å². The first-order valence-corrected chi connectivity index (χ1v) is 14.4. The van der Waals surface area contributed by atoms with Crippen molar-refractivity contribution in [2.24, 2.45) is 27.1 Å². The first-order chi connectivity index (χ1) is 17.1. The molecule has 0 aromatic carbocycles. The number of rotatable bonds is 1. The third-order valence-corrected chi connectivity index (χ3v) is 7.89. The minimum atomic E-state index is -4.56. The van der Waals surface area contributed by atoms with Gasteiger partial charge in [-0.2, -0.15) is 13.2 Å². The standard InChI is InChI=1S/C8H18O.C7H13F3O.C7H16O.C6H14O.C5H12O.CH4/c1-7(2,3)8(4,5)9-6;1-5(2,3)6(4,11)7(8,9)10;1-6(2,3)7(4,5)8;1-5(7)6(2,3)4;1-5(2,3)4-6;/h1-6H3;11H,1-4H3;8H,1-5H3;5,7H,1-4H3;6H,4H2,1-3H3;1H4. The van der Waals surface area contributed by atoms with Gasteiger partial charge in [0.2, 0.25) is 0 Å². The molecule has 0 bridgehead atoms. The molecule has 0 amide bonds. The van der Waals surface area contributed by atoms with Gasteiger partial charge in [0.1, 0.15) is 0 Å². The summed E-state index contributed by atoms with van der Waals surface area (Å²) < 4.78 is 41.5. The van der Waals surface area contributed by atoms with Crippen LogP contribution in [0, 0.1) is 27.1 Å². The maximum atomic E-state index is 12.1. The number of methoxy groups -OCH3 is 1. The Kier molecular flexibility index (Phi) is 23.9. The van der Waals surface area contributed by atoms with E-state index in [0.717, 1.165) is 6.92 Å². The summed E-state index contributed by atoms with van der Waals surface area (Å²) in [4.78, 5) is 0. The van der Waals surface area contributed by atoms with Crippen LogP contribution in [0.4, 0.5) is 13.2 Å². The van der Waals surface area contributed by atoms with E-state index in [1.807, 2.05) is 76.2 Å². The van der Waals surface area contributed by atoms with E-state index >= 15 is 0 Å². The normalized spacial score (nSPS) is 15.4. The molecule has 0 saturated heterocycles. The summed E-state index contributed by atoms with van der Waals surface area (Å²) in [5.74, 6) is 0. The highest BCUT2D eigenvalue weighted by Crippen LogP contribution is 2.42. The van der Waals surface area contributed by atoms with Gasteiger partial charge in [0.05, 0.1) is 17.3 Å². The van der Waals surface area contributed by atoms with Crippen molar-refractivity contribution in [2.75, 3.05) is 13.7 Å². The van der Waals surface area contributed by atoms with Gasteiger partial charge in [-0.05, 0) is 68.6 Å². The van der Waals surface area contributed by atoms with Crippen molar-refractivity contribution < 1.29 is 38.3 Å². The number of alkyl halides is 3. The largest absolute Gasteiger partial charge is 0.417 e. The van der Waals surface area contributed by atoms with Crippen molar-refractivity contribution >= 4 is 0 Å². The first kappa shape index (κ1) is 54.1. The lowest BCUT2D eigenvalue weighted by atomic mass is 9.77. The summed E-state index contributed by atoms with van der Waals surface area (Å²) in [6.45, 7) is 39.4. The van der Waals surface area contributed by atoms with Crippen LogP contribution in [0.2, 0.25) is 0 Å². The van der Waals surface area contributed by atoms with E-state index in [4.69, 9.17) is 20.1 Å². The molecular weight excluding hydrogens is 545 g/mol. The molecule has 0 aliphatic rings. The average Bonchev–Trinajstić information content (AvgIpc) is 2.64. The van der Waals surface area contributed by atoms with Gasteiger partial charge in [0, 0.05) is 13.7 Å². The molecule has 264 valence electrons. The van der Waals surface area contributed by atoms with Crippen LogP contribution in [0.5, 0.6) is 0 Å². The lowest BCUT2D eigenvalue weighted by molar-refractivity contribution is -0.286. The highest BCUT2D eigenvalue weighted by Gasteiger charge is 2.56. The Bertz CT molecular complexity index is 627. The zero-order valence-electron chi connectivity index (χ0n) is 31.1. The Morgan fingerprint density at radius 1 is 0.595 bits per heavy atom. The molecule has 0 aliphatic heterocycles. The highest BCUT2D eigenvalue weighted by molar-refractivity contribution is 4.92. The fraction of sp³-hybridized carbons (Fsp3) is 1.00. The van der Waals surface area contributed by atoms with Crippen molar-refractivity contribution in [2.45, 2.75) is 182 Å². The molecular formula is C34H77F3O5. The molecule has 8 heteroatoms. The summed E-state index contributed by atoms with van der Waals surface area (Å²) >= 11 is 0. The molecule has 0 radical (unpaired) electrons. The minimum absolute atomic E-state index is 0. The van der Waals surface area contributed by atoms with Gasteiger partial charge in [-0.1, -0.05) is 111 Å². The minimum Gasteiger partial charge on any atom is -0.396 e. The molecule has 0 aromatic heterocycles. The van der Waals surface area contributed by atoms with E-state index < -0.39 is 22.8 Å². The molecule has 0 saturated carbocycles. The van der Waals surface area contributed by atoms with Crippen molar-refractivity contribution in [1.82, 2.24) is 0 Å². The van der Waals surface area contributed by atoms with E-state index in [1.54, 1.807) is 14.0 Å². The van der Waals surface area contributed by atoms with Crippen molar-refractivity contribution in [3.63, 3.8) is 0 Å². The number of ether oxygens (including phenoxy) is 1. The van der Waals surface area contributed by atoms with Crippen LogP contribution in [0.25, 0.3) is 0 Å². The van der Waals surface area contributed by atoms with Crippen LogP contribution in [0.3, 0.4) is 0 Å². The molecule has 4 N–H and O–H groups in total. The molecule has 5 nitrogen and oxygen atoms in total. The predicted octanol–water partition coefficient (Wildman–Crippen LogP) is 9.68. The number of hydrogen-bond acceptors (Lipinski definition) is 5. The highest BCUT2D eigenvalue weighted by atomic mass is 19.4. The predicted molar refractivity (Wildman–Crippen MR) is 177 cm³/mol. The van der Waals surface area contributed by atoms with Gasteiger partial charge in [0.25, 0.3) is 0 Å². The van der Waals surface area contributed by atoms with Crippen LogP contribution >= 0.6 is 0 Å². The first-order valence-electron chi connectivity index (χ1n) is 14.4. The Balaban J connectivity index is -0.0000000973. The number of aliphatic hydroxyl groups is 4. The van der Waals surface area contributed by atoms with Crippen LogP contribution in [-0.2, 0) is 4.74 Å². The topological polar surface area (TPSA) is 90.2 Å². The van der Waals surface area contributed by atoms with Crippen molar-refractivity contribution in [3.8, 4) is 0 Å². The molecule has 0 aromatic rings. The van der Waals surface area contributed by atoms with E-state index in [-0.39, 0.29) is 47.4 Å². The number of aliphatic hydroxyl groups excluding tert-OH is 2. The Hall–Kier alpha value is -0.410. The van der Waals surface area contributed by atoms with Gasteiger partial charge in [0.15, 0.2) is 5.60 Å². The lowest BCUT2D eigenvalue weighted by Gasteiger charge is -2.38. The van der Waals surface area contributed by atoms with Crippen molar-refractivity contribution in [3.05, 3.63) is 0 Å². The van der Waals surface area contributed by atoms with Crippen LogP contribution < -0.4 is 0 Å². The van der Waals surface area contributed by atoms with Crippen molar-refractivity contribution in [1.29, 1.82) is 0 Å². The number of hydrogen-bond donors (Lipinski definition) is 4. The van der Waals surface area contributed by atoms with Gasteiger partial charge in [-0.15, -0.1) is 0 Å². The second-order valence-corrected chi connectivity index (χ2v) is 17.4. The molecule has 0 heterocycles. The summed E-state index contributed by atoms with van der Waals surface area (Å²) in [5, 5.41) is 35.7. The zero-order chi connectivity index (χ0) is 35.5. The Labute approximate surface area is 261 Å². The van der Waals surface area contributed by atoms with E-state index in [1.165, 1.54) is 20.8 Å². The second-order valence-electron chi connectivity index (χ2n) is 17.4. The second kappa shape index (κ2) is 18.5. The summed E-state index contributed by atoms with van der Waals surface area (Å²) in [6, 6.07) is 0. The summed E-state index contributed by atoms with van der Waals surface area (Å²) in [7, 11) is 1.76. The van der Waals surface area contributed by atoms with E-state index in [9.17, 15) is 18.3 Å². The zero-order valence-corrected chi connectivity index (χ0v) is 31.1. The quantitative estimate of drug-likeness (QED) is 0.234. The molecule has 42 heavy (non-hydrogen) atoms. The van der Waals surface area contributed by atoms with Gasteiger partial charge >= 0.3 is 6.18 Å². The molecule has 0 spiro atoms. The Morgan fingerprint density at radius 2 is 0.810 bits per heavy atom. The molecule has 0 fully saturated rings. The van der Waals surface area contributed by atoms with Gasteiger partial charge in [-0.25, -0.2) is 0 Å². The molecule has 2 unspecified atom stereocenters. The van der Waals surface area contributed by atoms with Crippen LogP contribution in [-0.4, -0.2) is 63.2 Å². The monoisotopic (exact) mass is 623 g/mol. The molecule has 0 aliphatic carbocycles. The van der Waals surface area contributed by atoms with Gasteiger partial charge in [-0.3, -0.25) is 0 Å². The summed E-state index contributed by atoms with van der Waals surface area (Å²) in [6.07, 6.45) is -4.77. The third-order valence-electron chi connectivity index (χ3n) is 7.89. The fourth-order valence-electron chi connectivity index (χ4n) is 0.731. The Morgan fingerprint density at radius 3 is 0.810 bits per heavy atom. The lowest BCUT2D eigenvalue weighted by Crippen LogP contribution is -2.52. The third kappa shape index (κ3) is 26.0. The smallest absolute Gasteiger partial charge is 0.396 e. The van der Waals surface area contributed by atoms with Crippen LogP contribution in [0.15, 0.2) is 0 Å². The SMILES string of the molecule is C.CC(C)(C)C(C)(C)O.CC(C)(C)C(C)(O)C(F)(F)F.CC(C)(C)CO.CC(O)C(C)(C)C.COC(C)(C)C(C)(C)C. The fourth-order valence-corrected chi connectivity index (χ4v) is 0.731. The maximum absolute atomic E-state index is 12.1. The molecule has 2 atom stereocenters. The van der Waals surface area contributed by atoms with Gasteiger partial charge < -0.3 is 25.2 Å². The molecule has 0 rings (SSSR count). The van der Waals surface area contributed by atoms with E-state index in [0.29, 0.717) is 0 Å². The van der Waals surface area contributed by atoms with E-state index in [2.05, 4.69) is 34.6 Å².